The Morgan fingerprint density at radius 2 is 1.87 bits per heavy atom. The number of nitrogens with one attached hydrogen (secondary N) is 3. The van der Waals surface area contributed by atoms with E-state index in [1.807, 2.05) is 55.5 Å². The minimum atomic E-state index is -0.169. The molecule has 0 atom stereocenters. The van der Waals surface area contributed by atoms with Crippen molar-refractivity contribution in [2.24, 2.45) is 5.92 Å². The zero-order valence-electron chi connectivity index (χ0n) is 16.7. The SMILES string of the molecule is Cc1[nH][nH]c(=O)c1-c1cc(Cc2ccc(NC(=O)C3CC3)cc2)c2ccccc2n1. The lowest BCUT2D eigenvalue weighted by molar-refractivity contribution is -0.117. The van der Waals surface area contributed by atoms with E-state index in [1.165, 1.54) is 0 Å². The number of H-pyrrole nitrogens is 2. The van der Waals surface area contributed by atoms with Crippen molar-refractivity contribution in [3.63, 3.8) is 0 Å². The molecule has 1 amide bonds. The molecule has 1 fully saturated rings. The average molecular weight is 398 g/mol. The maximum absolute atomic E-state index is 12.3. The molecule has 3 N–H and O–H groups in total. The van der Waals surface area contributed by atoms with Gasteiger partial charge in [0.1, 0.15) is 0 Å². The van der Waals surface area contributed by atoms with Crippen LogP contribution in [0.3, 0.4) is 0 Å². The lowest BCUT2D eigenvalue weighted by Crippen LogP contribution is -2.13. The summed E-state index contributed by atoms with van der Waals surface area (Å²) < 4.78 is 0. The van der Waals surface area contributed by atoms with Gasteiger partial charge in [-0.2, -0.15) is 0 Å². The number of anilines is 1. The Labute approximate surface area is 173 Å². The molecule has 2 heterocycles. The molecule has 6 nitrogen and oxygen atoms in total. The van der Waals surface area contributed by atoms with Crippen LogP contribution in [0.1, 0.15) is 29.7 Å². The smallest absolute Gasteiger partial charge is 0.273 e. The summed E-state index contributed by atoms with van der Waals surface area (Å²) in [5.41, 5.74) is 5.74. The number of fused-ring (bicyclic) bond motifs is 1. The first-order valence-electron chi connectivity index (χ1n) is 10.1. The van der Waals surface area contributed by atoms with E-state index < -0.39 is 0 Å². The lowest BCUT2D eigenvalue weighted by atomic mass is 9.98. The monoisotopic (exact) mass is 398 g/mol. The third kappa shape index (κ3) is 3.52. The number of carbonyl (C=O) groups excluding carboxylic acids is 1. The van der Waals surface area contributed by atoms with E-state index in [9.17, 15) is 9.59 Å². The molecule has 2 aromatic carbocycles. The van der Waals surface area contributed by atoms with Gasteiger partial charge >= 0.3 is 0 Å². The van der Waals surface area contributed by atoms with Crippen LogP contribution in [0.25, 0.3) is 22.2 Å². The van der Waals surface area contributed by atoms with E-state index in [4.69, 9.17) is 4.98 Å². The largest absolute Gasteiger partial charge is 0.326 e. The van der Waals surface area contributed by atoms with E-state index in [0.717, 1.165) is 46.3 Å². The highest BCUT2D eigenvalue weighted by atomic mass is 16.2. The summed E-state index contributed by atoms with van der Waals surface area (Å²) in [5, 5.41) is 9.55. The van der Waals surface area contributed by atoms with Crippen LogP contribution in [0.4, 0.5) is 5.69 Å². The van der Waals surface area contributed by atoms with Gasteiger partial charge in [0.05, 0.1) is 16.8 Å². The molecule has 0 bridgehead atoms. The second kappa shape index (κ2) is 7.30. The molecule has 5 rings (SSSR count). The van der Waals surface area contributed by atoms with Crippen molar-refractivity contribution in [1.82, 2.24) is 15.2 Å². The maximum atomic E-state index is 12.3. The average Bonchev–Trinajstić information content (AvgIpc) is 3.54. The Morgan fingerprint density at radius 1 is 1.10 bits per heavy atom. The molecule has 1 aliphatic rings. The van der Waals surface area contributed by atoms with E-state index in [1.54, 1.807) is 0 Å². The number of hydrogen-bond acceptors (Lipinski definition) is 3. The lowest BCUT2D eigenvalue weighted by Gasteiger charge is -2.10. The second-order valence-corrected chi connectivity index (χ2v) is 7.90. The Balaban J connectivity index is 1.49. The molecule has 0 aliphatic heterocycles. The van der Waals surface area contributed by atoms with Gasteiger partial charge < -0.3 is 10.4 Å². The minimum absolute atomic E-state index is 0.111. The molecular weight excluding hydrogens is 376 g/mol. The third-order valence-electron chi connectivity index (χ3n) is 5.59. The summed E-state index contributed by atoms with van der Waals surface area (Å²) in [4.78, 5) is 28.9. The number of nitrogens with zero attached hydrogens (tertiary/aromatic N) is 1. The fraction of sp³-hybridized carbons (Fsp3) is 0.208. The highest BCUT2D eigenvalue weighted by Crippen LogP contribution is 2.30. The standard InChI is InChI=1S/C24H22N4O2/c1-14-22(24(30)28-27-14)21-13-17(19-4-2-3-5-20(19)26-21)12-15-6-10-18(11-7-15)25-23(29)16-8-9-16/h2-7,10-11,13,16H,8-9,12H2,1H3,(H,25,29)(H2,27,28,30). The van der Waals surface area contributed by atoms with Crippen molar-refractivity contribution in [2.75, 3.05) is 5.32 Å². The van der Waals surface area contributed by atoms with Gasteiger partial charge in [0.2, 0.25) is 5.91 Å². The quantitative estimate of drug-likeness (QED) is 0.471. The van der Waals surface area contributed by atoms with Crippen molar-refractivity contribution < 1.29 is 4.79 Å². The molecule has 30 heavy (non-hydrogen) atoms. The topological polar surface area (TPSA) is 90.6 Å². The Bertz CT molecular complexity index is 1300. The van der Waals surface area contributed by atoms with E-state index in [2.05, 4.69) is 21.6 Å². The summed E-state index contributed by atoms with van der Waals surface area (Å²) in [6.45, 7) is 1.86. The van der Waals surface area contributed by atoms with Crippen molar-refractivity contribution in [3.05, 3.63) is 81.8 Å². The van der Waals surface area contributed by atoms with Crippen LogP contribution in [0, 0.1) is 12.8 Å². The molecule has 1 saturated carbocycles. The molecule has 0 unspecified atom stereocenters. The van der Waals surface area contributed by atoms with E-state index in [0.29, 0.717) is 17.7 Å². The van der Waals surface area contributed by atoms with Crippen LogP contribution >= 0.6 is 0 Å². The number of amides is 1. The molecule has 2 aromatic heterocycles. The zero-order valence-corrected chi connectivity index (χ0v) is 16.7. The van der Waals surface area contributed by atoms with Crippen LogP contribution < -0.4 is 10.9 Å². The first-order chi connectivity index (χ1) is 14.6. The fourth-order valence-corrected chi connectivity index (χ4v) is 3.79. The van der Waals surface area contributed by atoms with E-state index >= 15 is 0 Å². The molecule has 6 heteroatoms. The first kappa shape index (κ1) is 18.4. The van der Waals surface area contributed by atoms with Crippen LogP contribution in [0.5, 0.6) is 0 Å². The normalized spacial score (nSPS) is 13.5. The molecule has 0 spiro atoms. The Kier molecular flexibility index (Phi) is 4.47. The van der Waals surface area contributed by atoms with Gasteiger partial charge in [-0.05, 0) is 61.6 Å². The van der Waals surface area contributed by atoms with Gasteiger partial charge in [-0.15, -0.1) is 0 Å². The number of rotatable bonds is 5. The summed E-state index contributed by atoms with van der Waals surface area (Å²) in [7, 11) is 0. The molecule has 0 saturated heterocycles. The first-order valence-corrected chi connectivity index (χ1v) is 10.1. The second-order valence-electron chi connectivity index (χ2n) is 7.90. The van der Waals surface area contributed by atoms with Crippen molar-refractivity contribution in [3.8, 4) is 11.3 Å². The molecule has 4 aromatic rings. The Morgan fingerprint density at radius 3 is 2.57 bits per heavy atom. The highest BCUT2D eigenvalue weighted by Gasteiger charge is 2.29. The van der Waals surface area contributed by atoms with Crippen LogP contribution in [0.2, 0.25) is 0 Å². The van der Waals surface area contributed by atoms with Crippen LogP contribution in [0.15, 0.2) is 59.4 Å². The van der Waals surface area contributed by atoms with Gasteiger partial charge in [0.25, 0.3) is 5.56 Å². The van der Waals surface area contributed by atoms with E-state index in [-0.39, 0.29) is 17.4 Å². The third-order valence-corrected chi connectivity index (χ3v) is 5.59. The zero-order chi connectivity index (χ0) is 20.7. The number of carbonyl (C=O) groups is 1. The number of aromatic amines is 2. The van der Waals surface area contributed by atoms with Crippen molar-refractivity contribution in [2.45, 2.75) is 26.2 Å². The molecule has 1 aliphatic carbocycles. The summed E-state index contributed by atoms with van der Waals surface area (Å²) in [6.07, 6.45) is 2.68. The highest BCUT2D eigenvalue weighted by molar-refractivity contribution is 5.94. The number of benzene rings is 2. The predicted octanol–water partition coefficient (Wildman–Crippen LogP) is 4.17. The maximum Gasteiger partial charge on any atom is 0.273 e. The summed E-state index contributed by atoms with van der Waals surface area (Å²) >= 11 is 0. The summed E-state index contributed by atoms with van der Waals surface area (Å²) in [6, 6.07) is 17.9. The van der Waals surface area contributed by atoms with Gasteiger partial charge in [-0.25, -0.2) is 4.98 Å². The predicted molar refractivity (Wildman–Crippen MR) is 117 cm³/mol. The van der Waals surface area contributed by atoms with Gasteiger partial charge in [-0.1, -0.05) is 30.3 Å². The molecule has 150 valence electrons. The van der Waals surface area contributed by atoms with Crippen molar-refractivity contribution in [1.29, 1.82) is 0 Å². The van der Waals surface area contributed by atoms with Gasteiger partial charge in [0, 0.05) is 22.7 Å². The molecular formula is C24H22N4O2. The minimum Gasteiger partial charge on any atom is -0.326 e. The van der Waals surface area contributed by atoms with Crippen LogP contribution in [-0.2, 0) is 11.2 Å². The van der Waals surface area contributed by atoms with Gasteiger partial charge in [-0.3, -0.25) is 14.7 Å². The number of aryl methyl sites for hydroxylation is 1. The number of aromatic nitrogens is 3. The van der Waals surface area contributed by atoms with Gasteiger partial charge in [0.15, 0.2) is 0 Å². The number of para-hydroxylation sites is 1. The van der Waals surface area contributed by atoms with Crippen molar-refractivity contribution >= 4 is 22.5 Å². The molecule has 0 radical (unpaired) electrons. The fourth-order valence-electron chi connectivity index (χ4n) is 3.79. The summed E-state index contributed by atoms with van der Waals surface area (Å²) in [5.74, 6) is 0.297. The Hall–Kier alpha value is -3.67. The number of hydrogen-bond donors (Lipinski definition) is 3. The number of pyridine rings is 1. The van der Waals surface area contributed by atoms with Crippen LogP contribution in [-0.4, -0.2) is 21.1 Å².